The van der Waals surface area contributed by atoms with Crippen LogP contribution in [0.25, 0.3) is 0 Å². The minimum Gasteiger partial charge on any atom is -0.306 e. The molecule has 0 radical (unpaired) electrons. The van der Waals surface area contributed by atoms with Gasteiger partial charge >= 0.3 is 0 Å². The van der Waals surface area contributed by atoms with Gasteiger partial charge in [0, 0.05) is 3.57 Å². The first-order chi connectivity index (χ1) is 8.16. The molecule has 0 bridgehead atoms. The van der Waals surface area contributed by atoms with Gasteiger partial charge in [-0.05, 0) is 62.8 Å². The smallest absolute Gasteiger partial charge is 0.257 e. The molecular formula is C12H8BrIN2O. The highest BCUT2D eigenvalue weighted by atomic mass is 127. The van der Waals surface area contributed by atoms with Crippen LogP contribution in [0, 0.1) is 3.57 Å². The maximum Gasteiger partial charge on any atom is 0.257 e. The summed E-state index contributed by atoms with van der Waals surface area (Å²) >= 11 is 5.39. The van der Waals surface area contributed by atoms with E-state index in [0.717, 1.165) is 3.57 Å². The van der Waals surface area contributed by atoms with Crippen LogP contribution < -0.4 is 5.32 Å². The molecule has 1 amide bonds. The lowest BCUT2D eigenvalue weighted by Gasteiger charge is -2.06. The molecule has 0 aliphatic heterocycles. The number of hydrogen-bond donors (Lipinski definition) is 1. The molecule has 3 nitrogen and oxygen atoms in total. The second kappa shape index (κ2) is 5.59. The summed E-state index contributed by atoms with van der Waals surface area (Å²) in [4.78, 5) is 16.1. The quantitative estimate of drug-likeness (QED) is 0.614. The second-order valence-electron chi connectivity index (χ2n) is 3.28. The Kier molecular flexibility index (Phi) is 4.11. The summed E-state index contributed by atoms with van der Waals surface area (Å²) in [7, 11) is 0. The van der Waals surface area contributed by atoms with Crippen molar-refractivity contribution in [3.63, 3.8) is 0 Å². The van der Waals surface area contributed by atoms with E-state index in [1.807, 2.05) is 30.3 Å². The van der Waals surface area contributed by atoms with Crippen LogP contribution in [0.4, 0.5) is 5.82 Å². The number of nitrogens with one attached hydrogen (secondary N) is 1. The molecule has 2 aromatic rings. The topological polar surface area (TPSA) is 42.0 Å². The number of hydrogen-bond acceptors (Lipinski definition) is 2. The summed E-state index contributed by atoms with van der Waals surface area (Å²) in [5.41, 5.74) is 0.648. The third-order valence-electron chi connectivity index (χ3n) is 2.08. The normalized spacial score (nSPS) is 10.0. The van der Waals surface area contributed by atoms with Crippen LogP contribution in [0.3, 0.4) is 0 Å². The van der Waals surface area contributed by atoms with Crippen LogP contribution >= 0.6 is 38.5 Å². The summed E-state index contributed by atoms with van der Waals surface area (Å²) in [6.45, 7) is 0. The monoisotopic (exact) mass is 402 g/mol. The van der Waals surface area contributed by atoms with Crippen LogP contribution in [0.1, 0.15) is 10.4 Å². The summed E-state index contributed by atoms with van der Waals surface area (Å²) in [5, 5.41) is 2.76. The van der Waals surface area contributed by atoms with Crippen LogP contribution in [0.15, 0.2) is 47.1 Å². The lowest BCUT2D eigenvalue weighted by Crippen LogP contribution is -2.14. The largest absolute Gasteiger partial charge is 0.306 e. The average Bonchev–Trinajstić information content (AvgIpc) is 2.29. The molecule has 0 saturated carbocycles. The number of pyridine rings is 1. The minimum atomic E-state index is -0.152. The van der Waals surface area contributed by atoms with Gasteiger partial charge in [-0.2, -0.15) is 0 Å². The van der Waals surface area contributed by atoms with Gasteiger partial charge in [0.15, 0.2) is 0 Å². The van der Waals surface area contributed by atoms with Gasteiger partial charge in [0.25, 0.3) is 5.91 Å². The Morgan fingerprint density at radius 3 is 2.65 bits per heavy atom. The van der Waals surface area contributed by atoms with Crippen molar-refractivity contribution in [2.24, 2.45) is 0 Å². The van der Waals surface area contributed by atoms with Crippen molar-refractivity contribution < 1.29 is 4.79 Å². The van der Waals surface area contributed by atoms with Gasteiger partial charge in [-0.25, -0.2) is 4.98 Å². The molecule has 0 aliphatic rings. The molecule has 0 atom stereocenters. The highest BCUT2D eigenvalue weighted by Gasteiger charge is 2.09. The predicted molar refractivity (Wildman–Crippen MR) is 79.0 cm³/mol. The Hall–Kier alpha value is -0.950. The maximum atomic E-state index is 12.0. The molecule has 0 spiro atoms. The Morgan fingerprint density at radius 1 is 1.18 bits per heavy atom. The van der Waals surface area contributed by atoms with Gasteiger partial charge in [-0.3, -0.25) is 4.79 Å². The van der Waals surface area contributed by atoms with E-state index >= 15 is 0 Å². The van der Waals surface area contributed by atoms with Crippen molar-refractivity contribution in [2.45, 2.75) is 0 Å². The molecule has 0 aliphatic carbocycles. The fourth-order valence-corrected chi connectivity index (χ4v) is 2.28. The van der Waals surface area contributed by atoms with Crippen molar-refractivity contribution >= 4 is 50.2 Å². The van der Waals surface area contributed by atoms with Gasteiger partial charge in [-0.15, -0.1) is 0 Å². The fourth-order valence-electron chi connectivity index (χ4n) is 1.31. The number of benzene rings is 1. The molecule has 2 rings (SSSR count). The van der Waals surface area contributed by atoms with E-state index in [4.69, 9.17) is 0 Å². The molecule has 86 valence electrons. The Morgan fingerprint density at radius 2 is 1.94 bits per heavy atom. The summed E-state index contributed by atoms with van der Waals surface area (Å²) in [5.74, 6) is 0.379. The fraction of sp³-hybridized carbons (Fsp3) is 0. The van der Waals surface area contributed by atoms with Gasteiger partial charge in [-0.1, -0.05) is 18.2 Å². The summed E-state index contributed by atoms with van der Waals surface area (Å²) in [6.07, 6.45) is 0. The number of anilines is 1. The van der Waals surface area contributed by atoms with E-state index in [1.54, 1.807) is 12.1 Å². The molecule has 0 saturated heterocycles. The zero-order chi connectivity index (χ0) is 12.3. The number of nitrogens with zero attached hydrogens (tertiary/aromatic N) is 1. The molecule has 1 heterocycles. The van der Waals surface area contributed by atoms with Gasteiger partial charge in [0.05, 0.1) is 5.56 Å². The average molecular weight is 403 g/mol. The lowest BCUT2D eigenvalue weighted by atomic mass is 10.2. The van der Waals surface area contributed by atoms with Crippen molar-refractivity contribution in [3.05, 3.63) is 56.2 Å². The minimum absolute atomic E-state index is 0.152. The zero-order valence-electron chi connectivity index (χ0n) is 8.65. The number of carbonyl (C=O) groups excluding carboxylic acids is 1. The van der Waals surface area contributed by atoms with Crippen molar-refractivity contribution in [1.82, 2.24) is 4.98 Å². The van der Waals surface area contributed by atoms with Crippen molar-refractivity contribution in [2.75, 3.05) is 5.32 Å². The van der Waals surface area contributed by atoms with E-state index < -0.39 is 0 Å². The Labute approximate surface area is 121 Å². The van der Waals surface area contributed by atoms with E-state index in [1.165, 1.54) is 0 Å². The maximum absolute atomic E-state index is 12.0. The van der Waals surface area contributed by atoms with E-state index in [0.29, 0.717) is 16.0 Å². The SMILES string of the molecule is O=C(Nc1cccc(Br)n1)c1ccccc1I. The highest BCUT2D eigenvalue weighted by Crippen LogP contribution is 2.15. The van der Waals surface area contributed by atoms with Gasteiger partial charge in [0.2, 0.25) is 0 Å². The number of amides is 1. The Bertz CT molecular complexity index is 560. The molecule has 0 fully saturated rings. The third-order valence-corrected chi connectivity index (χ3v) is 3.46. The summed E-state index contributed by atoms with van der Waals surface area (Å²) < 4.78 is 1.61. The van der Waals surface area contributed by atoms with E-state index in [-0.39, 0.29) is 5.91 Å². The predicted octanol–water partition coefficient (Wildman–Crippen LogP) is 3.70. The third kappa shape index (κ3) is 3.26. The molecule has 17 heavy (non-hydrogen) atoms. The standard InChI is InChI=1S/C12H8BrIN2O/c13-10-6-3-7-11(15-10)16-12(17)8-4-1-2-5-9(8)14/h1-7H,(H,15,16,17). The van der Waals surface area contributed by atoms with E-state index in [2.05, 4.69) is 48.8 Å². The lowest BCUT2D eigenvalue weighted by molar-refractivity contribution is 0.102. The van der Waals surface area contributed by atoms with Gasteiger partial charge in [0.1, 0.15) is 10.4 Å². The van der Waals surface area contributed by atoms with Crippen molar-refractivity contribution in [3.8, 4) is 0 Å². The first kappa shape index (κ1) is 12.5. The Balaban J connectivity index is 2.20. The van der Waals surface area contributed by atoms with Crippen LogP contribution in [0.2, 0.25) is 0 Å². The molecule has 5 heteroatoms. The number of rotatable bonds is 2. The highest BCUT2D eigenvalue weighted by molar-refractivity contribution is 14.1. The molecule has 1 aromatic heterocycles. The van der Waals surface area contributed by atoms with Crippen LogP contribution in [-0.4, -0.2) is 10.9 Å². The molecule has 1 N–H and O–H groups in total. The van der Waals surface area contributed by atoms with Crippen molar-refractivity contribution in [1.29, 1.82) is 0 Å². The molecule has 1 aromatic carbocycles. The van der Waals surface area contributed by atoms with Gasteiger partial charge < -0.3 is 5.32 Å². The van der Waals surface area contributed by atoms with Crippen LogP contribution in [-0.2, 0) is 0 Å². The zero-order valence-corrected chi connectivity index (χ0v) is 12.4. The first-order valence-corrected chi connectivity index (χ1v) is 6.72. The number of halogens is 2. The van der Waals surface area contributed by atoms with E-state index in [9.17, 15) is 4.79 Å². The molecule has 0 unspecified atom stereocenters. The van der Waals surface area contributed by atoms with Crippen LogP contribution in [0.5, 0.6) is 0 Å². The first-order valence-electron chi connectivity index (χ1n) is 4.85. The summed E-state index contributed by atoms with van der Waals surface area (Å²) in [6, 6.07) is 12.8. The number of carbonyl (C=O) groups is 1. The second-order valence-corrected chi connectivity index (χ2v) is 5.25. The molecular weight excluding hydrogens is 395 g/mol. The number of aromatic nitrogens is 1.